The van der Waals surface area contributed by atoms with Crippen LogP contribution in [0.2, 0.25) is 0 Å². The maximum Gasteiger partial charge on any atom is 0.326 e. The summed E-state index contributed by atoms with van der Waals surface area (Å²) in [7, 11) is 0. The molecule has 0 aliphatic carbocycles. The molecule has 0 fully saturated rings. The Kier molecular flexibility index (Phi) is 5.35. The van der Waals surface area contributed by atoms with Crippen LogP contribution in [-0.2, 0) is 20.7 Å². The van der Waals surface area contributed by atoms with Gasteiger partial charge in [0.15, 0.2) is 6.61 Å². The molecule has 3 rings (SSSR count). The smallest absolute Gasteiger partial charge is 0.326 e. The van der Waals surface area contributed by atoms with E-state index in [1.165, 1.54) is 4.90 Å². The van der Waals surface area contributed by atoms with E-state index in [4.69, 9.17) is 4.74 Å². The van der Waals surface area contributed by atoms with Crippen molar-refractivity contribution >= 4 is 29.2 Å². The summed E-state index contributed by atoms with van der Waals surface area (Å²) in [5, 5.41) is 2.73. The minimum Gasteiger partial charge on any atom is -0.454 e. The number of carbonyl (C=O) groups is 3. The Morgan fingerprint density at radius 2 is 1.74 bits per heavy atom. The zero-order valence-electron chi connectivity index (χ0n) is 15.0. The van der Waals surface area contributed by atoms with Crippen LogP contribution in [0.1, 0.15) is 28.4 Å². The monoisotopic (exact) mass is 364 g/mol. The van der Waals surface area contributed by atoms with E-state index >= 15 is 0 Å². The lowest BCUT2D eigenvalue weighted by molar-refractivity contribution is -0.147. The van der Waals surface area contributed by atoms with Gasteiger partial charge < -0.3 is 10.1 Å². The van der Waals surface area contributed by atoms with Crippen molar-refractivity contribution in [1.82, 2.24) is 4.90 Å². The number of esters is 1. The molecule has 0 unspecified atom stereocenters. The van der Waals surface area contributed by atoms with Crippen molar-refractivity contribution in [3.63, 3.8) is 0 Å². The highest BCUT2D eigenvalue weighted by Crippen LogP contribution is 2.30. The first kappa shape index (κ1) is 18.4. The summed E-state index contributed by atoms with van der Waals surface area (Å²) in [6.07, 6.45) is 0.774. The van der Waals surface area contributed by atoms with E-state index in [2.05, 4.69) is 11.9 Å². The zero-order chi connectivity index (χ0) is 19.4. The van der Waals surface area contributed by atoms with Crippen molar-refractivity contribution in [2.24, 2.45) is 0 Å². The van der Waals surface area contributed by atoms with E-state index in [1.54, 1.807) is 30.3 Å². The quantitative estimate of drug-likeness (QED) is 0.800. The minimum absolute atomic E-state index is 0.287. The van der Waals surface area contributed by atoms with Gasteiger partial charge in [0.25, 0.3) is 11.8 Å². The molecule has 0 saturated heterocycles. The van der Waals surface area contributed by atoms with Crippen LogP contribution in [0.4, 0.5) is 5.69 Å². The van der Waals surface area contributed by atoms with E-state index in [-0.39, 0.29) is 12.5 Å². The lowest BCUT2D eigenvalue weighted by Gasteiger charge is -2.16. The van der Waals surface area contributed by atoms with Gasteiger partial charge in [-0.2, -0.15) is 0 Å². The molecule has 0 spiro atoms. The second kappa shape index (κ2) is 7.86. The van der Waals surface area contributed by atoms with Crippen molar-refractivity contribution in [3.05, 3.63) is 71.8 Å². The van der Waals surface area contributed by atoms with Gasteiger partial charge in [-0.1, -0.05) is 49.9 Å². The number of anilines is 1. The predicted molar refractivity (Wildman–Crippen MR) is 102 cm³/mol. The van der Waals surface area contributed by atoms with Crippen molar-refractivity contribution in [1.29, 1.82) is 0 Å². The van der Waals surface area contributed by atoms with Gasteiger partial charge in [0.2, 0.25) is 0 Å². The Morgan fingerprint density at radius 3 is 2.44 bits per heavy atom. The number of carbonyl (C=O) groups excluding carboxylic acids is 3. The Hall–Kier alpha value is -3.41. The van der Waals surface area contributed by atoms with Crippen LogP contribution in [0.15, 0.2) is 55.1 Å². The molecule has 1 aliphatic heterocycles. The molecule has 6 heteroatoms. The summed E-state index contributed by atoms with van der Waals surface area (Å²) >= 11 is 0. The van der Waals surface area contributed by atoms with Crippen LogP contribution in [-0.4, -0.2) is 35.8 Å². The van der Waals surface area contributed by atoms with Crippen LogP contribution >= 0.6 is 0 Å². The maximum atomic E-state index is 12.4. The van der Waals surface area contributed by atoms with Gasteiger partial charge in [-0.05, 0) is 24.1 Å². The molecule has 1 N–H and O–H groups in total. The first-order chi connectivity index (χ1) is 13.0. The van der Waals surface area contributed by atoms with Crippen LogP contribution < -0.4 is 5.32 Å². The molecule has 138 valence electrons. The SMILES string of the molecule is C=C1c2ccccc2C(=O)N1CC(=O)OCC(=O)Nc1ccccc1CC. The van der Waals surface area contributed by atoms with Gasteiger partial charge in [0.05, 0.1) is 0 Å². The van der Waals surface area contributed by atoms with Crippen molar-refractivity contribution < 1.29 is 19.1 Å². The molecule has 1 aliphatic rings. The van der Waals surface area contributed by atoms with Crippen LogP contribution in [0.25, 0.3) is 5.70 Å². The average molecular weight is 364 g/mol. The third-order valence-electron chi connectivity index (χ3n) is 4.36. The summed E-state index contributed by atoms with van der Waals surface area (Å²) in [4.78, 5) is 37.8. The number of rotatable bonds is 6. The molecule has 2 amide bonds. The number of benzene rings is 2. The number of fused-ring (bicyclic) bond motifs is 1. The third-order valence-corrected chi connectivity index (χ3v) is 4.36. The maximum absolute atomic E-state index is 12.4. The number of ether oxygens (including phenoxy) is 1. The second-order valence-electron chi connectivity index (χ2n) is 6.10. The minimum atomic E-state index is -0.670. The van der Waals surface area contributed by atoms with E-state index in [1.807, 2.05) is 25.1 Å². The molecular formula is C21H20N2O4. The van der Waals surface area contributed by atoms with Crippen LogP contribution in [0.3, 0.4) is 0 Å². The number of nitrogens with zero attached hydrogens (tertiary/aromatic N) is 1. The highest BCUT2D eigenvalue weighted by molar-refractivity contribution is 6.10. The van der Waals surface area contributed by atoms with E-state index in [0.717, 1.165) is 12.0 Å². The Labute approximate surface area is 157 Å². The fraction of sp³-hybridized carbons (Fsp3) is 0.190. The lowest BCUT2D eigenvalue weighted by Crippen LogP contribution is -2.32. The second-order valence-corrected chi connectivity index (χ2v) is 6.10. The Morgan fingerprint density at radius 1 is 1.07 bits per heavy atom. The highest BCUT2D eigenvalue weighted by atomic mass is 16.5. The topological polar surface area (TPSA) is 75.7 Å². The van der Waals surface area contributed by atoms with Gasteiger partial charge in [-0.3, -0.25) is 19.3 Å². The number of nitrogens with one attached hydrogen (secondary N) is 1. The van der Waals surface area contributed by atoms with Crippen LogP contribution in [0, 0.1) is 0 Å². The van der Waals surface area contributed by atoms with Gasteiger partial charge in [-0.25, -0.2) is 0 Å². The number of amides is 2. The normalized spacial score (nSPS) is 12.7. The molecule has 27 heavy (non-hydrogen) atoms. The molecule has 0 aromatic heterocycles. The van der Waals surface area contributed by atoms with E-state index in [9.17, 15) is 14.4 Å². The first-order valence-corrected chi connectivity index (χ1v) is 8.64. The fourth-order valence-corrected chi connectivity index (χ4v) is 2.96. The van der Waals surface area contributed by atoms with Gasteiger partial charge in [0.1, 0.15) is 6.54 Å². The molecule has 6 nitrogen and oxygen atoms in total. The Bertz CT molecular complexity index is 885. The molecule has 0 bridgehead atoms. The number of hydrogen-bond donors (Lipinski definition) is 1. The highest BCUT2D eigenvalue weighted by Gasteiger charge is 2.32. The lowest BCUT2D eigenvalue weighted by atomic mass is 10.1. The summed E-state index contributed by atoms with van der Waals surface area (Å²) in [5.74, 6) is -1.40. The molecule has 0 atom stereocenters. The molecule has 2 aromatic carbocycles. The molecule has 2 aromatic rings. The summed E-state index contributed by atoms with van der Waals surface area (Å²) in [5.41, 5.74) is 3.34. The average Bonchev–Trinajstić information content (AvgIpc) is 2.92. The molecule has 0 saturated carbocycles. The van der Waals surface area contributed by atoms with E-state index in [0.29, 0.717) is 22.5 Å². The van der Waals surface area contributed by atoms with Crippen molar-refractivity contribution in [3.8, 4) is 0 Å². The first-order valence-electron chi connectivity index (χ1n) is 8.64. The number of hydrogen-bond acceptors (Lipinski definition) is 4. The van der Waals surface area contributed by atoms with Gasteiger partial charge in [0, 0.05) is 22.5 Å². The zero-order valence-corrected chi connectivity index (χ0v) is 15.0. The fourth-order valence-electron chi connectivity index (χ4n) is 2.96. The van der Waals surface area contributed by atoms with Gasteiger partial charge >= 0.3 is 5.97 Å². The van der Waals surface area contributed by atoms with Crippen molar-refractivity contribution in [2.45, 2.75) is 13.3 Å². The number of para-hydroxylation sites is 1. The molecule has 1 heterocycles. The number of aryl methyl sites for hydroxylation is 1. The summed E-state index contributed by atoms with van der Waals surface area (Å²) in [6, 6.07) is 14.5. The largest absolute Gasteiger partial charge is 0.454 e. The standard InChI is InChI=1S/C21H20N2O4/c1-3-15-8-4-7-11-18(15)22-19(24)13-27-20(25)12-23-14(2)16-9-5-6-10-17(16)21(23)26/h4-11H,2-3,12-13H2,1H3,(H,22,24). The molecular weight excluding hydrogens is 344 g/mol. The van der Waals surface area contributed by atoms with Crippen LogP contribution in [0.5, 0.6) is 0 Å². The van der Waals surface area contributed by atoms with E-state index < -0.39 is 18.5 Å². The molecule has 0 radical (unpaired) electrons. The van der Waals surface area contributed by atoms with Gasteiger partial charge in [-0.15, -0.1) is 0 Å². The summed E-state index contributed by atoms with van der Waals surface area (Å²) < 4.78 is 5.02. The Balaban J connectivity index is 1.54. The predicted octanol–water partition coefficient (Wildman–Crippen LogP) is 2.86. The third kappa shape index (κ3) is 3.89. The summed E-state index contributed by atoms with van der Waals surface area (Å²) in [6.45, 7) is 5.15. The van der Waals surface area contributed by atoms with Crippen molar-refractivity contribution in [2.75, 3.05) is 18.5 Å².